The SMILES string of the molecule is O=C(NC(CCOC1CC(CCc2ccc3c(n2)NCCC3)C1)C(=O)O)OC1CCCCC1c1ccccc1. The van der Waals surface area contributed by atoms with Gasteiger partial charge < -0.3 is 25.2 Å². The molecular weight excluding hydrogens is 494 g/mol. The molecule has 2 fully saturated rings. The van der Waals surface area contributed by atoms with Crippen LogP contribution in [0.25, 0.3) is 0 Å². The number of fused-ring (bicyclic) bond motifs is 1. The van der Waals surface area contributed by atoms with Crippen molar-refractivity contribution < 1.29 is 24.2 Å². The van der Waals surface area contributed by atoms with Gasteiger partial charge in [-0.25, -0.2) is 14.6 Å². The zero-order valence-electron chi connectivity index (χ0n) is 22.6. The zero-order chi connectivity index (χ0) is 27.0. The summed E-state index contributed by atoms with van der Waals surface area (Å²) in [7, 11) is 0. The van der Waals surface area contributed by atoms with Crippen LogP contribution in [0.1, 0.15) is 80.5 Å². The van der Waals surface area contributed by atoms with Crippen molar-refractivity contribution in [2.75, 3.05) is 18.5 Å². The summed E-state index contributed by atoms with van der Waals surface area (Å²) in [5, 5.41) is 15.6. The van der Waals surface area contributed by atoms with E-state index in [4.69, 9.17) is 14.5 Å². The third-order valence-corrected chi connectivity index (χ3v) is 8.49. The second kappa shape index (κ2) is 13.3. The van der Waals surface area contributed by atoms with Crippen LogP contribution in [-0.2, 0) is 27.1 Å². The summed E-state index contributed by atoms with van der Waals surface area (Å²) in [6.45, 7) is 1.29. The minimum absolute atomic E-state index is 0.142. The van der Waals surface area contributed by atoms with E-state index in [1.54, 1.807) is 0 Å². The summed E-state index contributed by atoms with van der Waals surface area (Å²) < 4.78 is 11.7. The minimum atomic E-state index is -1.07. The summed E-state index contributed by atoms with van der Waals surface area (Å²) in [5.41, 5.74) is 3.61. The van der Waals surface area contributed by atoms with Crippen LogP contribution in [0.15, 0.2) is 42.5 Å². The Bertz CT molecular complexity index is 1100. The number of carboxylic acid groups (broad SMARTS) is 1. The number of hydrogen-bond acceptors (Lipinski definition) is 6. The fraction of sp³-hybridized carbons (Fsp3) is 0.581. The van der Waals surface area contributed by atoms with Crippen LogP contribution in [0.5, 0.6) is 0 Å². The molecule has 1 amide bonds. The van der Waals surface area contributed by atoms with E-state index in [0.29, 0.717) is 12.5 Å². The van der Waals surface area contributed by atoms with Gasteiger partial charge in [0.05, 0.1) is 6.10 Å². The van der Waals surface area contributed by atoms with E-state index in [1.807, 2.05) is 18.2 Å². The van der Waals surface area contributed by atoms with Gasteiger partial charge in [-0.15, -0.1) is 0 Å². The largest absolute Gasteiger partial charge is 0.480 e. The van der Waals surface area contributed by atoms with E-state index in [9.17, 15) is 14.7 Å². The Kier molecular flexibility index (Phi) is 9.35. The van der Waals surface area contributed by atoms with Crippen LogP contribution in [-0.4, -0.2) is 53.6 Å². The highest BCUT2D eigenvalue weighted by Crippen LogP contribution is 2.35. The van der Waals surface area contributed by atoms with Gasteiger partial charge in [0.2, 0.25) is 0 Å². The zero-order valence-corrected chi connectivity index (χ0v) is 22.6. The lowest BCUT2D eigenvalue weighted by Crippen LogP contribution is -2.44. The molecule has 2 aromatic rings. The standard InChI is InChI=1S/C31H41N3O5/c35-30(36)27(34-31(37)39-28-11-5-4-10-26(28)22-7-2-1-3-8-22)16-18-38-25-19-21(20-25)12-14-24-15-13-23-9-6-17-32-29(23)33-24/h1-3,7-8,13,15,21,25-28H,4-6,9-12,14,16-20H2,(H,32,33)(H,34,37)(H,35,36). The molecule has 0 bridgehead atoms. The lowest BCUT2D eigenvalue weighted by Gasteiger charge is -2.35. The van der Waals surface area contributed by atoms with Gasteiger partial charge in [0.25, 0.3) is 0 Å². The molecule has 0 radical (unpaired) electrons. The first-order valence-electron chi connectivity index (χ1n) is 14.6. The van der Waals surface area contributed by atoms with Crippen LogP contribution >= 0.6 is 0 Å². The average molecular weight is 536 g/mol. The van der Waals surface area contributed by atoms with Crippen molar-refractivity contribution in [1.82, 2.24) is 10.3 Å². The van der Waals surface area contributed by atoms with E-state index in [-0.39, 0.29) is 24.5 Å². The molecule has 0 spiro atoms. The lowest BCUT2D eigenvalue weighted by atomic mass is 9.79. The molecule has 2 aliphatic carbocycles. The highest BCUT2D eigenvalue weighted by Gasteiger charge is 2.32. The van der Waals surface area contributed by atoms with E-state index in [0.717, 1.165) is 81.4 Å². The number of carboxylic acids is 1. The number of aliphatic carboxylic acids is 1. The predicted octanol–water partition coefficient (Wildman–Crippen LogP) is 5.46. The van der Waals surface area contributed by atoms with Gasteiger partial charge in [-0.05, 0) is 80.9 Å². The Hall–Kier alpha value is -3.13. The van der Waals surface area contributed by atoms with Gasteiger partial charge in [-0.2, -0.15) is 0 Å². The van der Waals surface area contributed by atoms with E-state index in [2.05, 4.69) is 34.9 Å². The summed E-state index contributed by atoms with van der Waals surface area (Å²) in [4.78, 5) is 29.2. The van der Waals surface area contributed by atoms with Crippen molar-refractivity contribution in [3.05, 3.63) is 59.3 Å². The molecule has 3 aliphatic rings. The molecule has 39 heavy (non-hydrogen) atoms. The van der Waals surface area contributed by atoms with Crippen molar-refractivity contribution in [3.8, 4) is 0 Å². The first-order valence-corrected chi connectivity index (χ1v) is 14.6. The van der Waals surface area contributed by atoms with Crippen LogP contribution in [0.3, 0.4) is 0 Å². The molecule has 0 saturated heterocycles. The Balaban J connectivity index is 1.00. The summed E-state index contributed by atoms with van der Waals surface area (Å²) >= 11 is 0. The second-order valence-corrected chi connectivity index (χ2v) is 11.3. The number of aryl methyl sites for hydroxylation is 2. The average Bonchev–Trinajstić information content (AvgIpc) is 2.93. The maximum Gasteiger partial charge on any atom is 0.408 e. The number of aromatic nitrogens is 1. The van der Waals surface area contributed by atoms with Crippen LogP contribution < -0.4 is 10.6 Å². The summed E-state index contributed by atoms with van der Waals surface area (Å²) in [5.74, 6) is 0.729. The molecule has 2 saturated carbocycles. The molecule has 1 aliphatic heterocycles. The fourth-order valence-electron chi connectivity index (χ4n) is 6.15. The fourth-order valence-corrected chi connectivity index (χ4v) is 6.15. The van der Waals surface area contributed by atoms with E-state index in [1.165, 1.54) is 12.0 Å². The normalized spacial score (nSPS) is 24.9. The van der Waals surface area contributed by atoms with E-state index >= 15 is 0 Å². The summed E-state index contributed by atoms with van der Waals surface area (Å²) in [6, 6.07) is 13.4. The maximum atomic E-state index is 12.6. The molecule has 3 atom stereocenters. The van der Waals surface area contributed by atoms with E-state index < -0.39 is 18.1 Å². The monoisotopic (exact) mass is 535 g/mol. The molecule has 8 heteroatoms. The molecule has 3 N–H and O–H groups in total. The van der Waals surface area contributed by atoms with Gasteiger partial charge in [-0.1, -0.05) is 42.8 Å². The Morgan fingerprint density at radius 1 is 1.08 bits per heavy atom. The quantitative estimate of drug-likeness (QED) is 0.350. The highest BCUT2D eigenvalue weighted by atomic mass is 16.6. The van der Waals surface area contributed by atoms with Gasteiger partial charge >= 0.3 is 12.1 Å². The smallest absolute Gasteiger partial charge is 0.408 e. The molecule has 8 nitrogen and oxygen atoms in total. The van der Waals surface area contributed by atoms with Crippen LogP contribution in [0, 0.1) is 5.92 Å². The third kappa shape index (κ3) is 7.50. The maximum absolute atomic E-state index is 12.6. The van der Waals surface area contributed by atoms with Crippen LogP contribution in [0.4, 0.5) is 10.6 Å². The molecule has 3 unspecified atom stereocenters. The molecular formula is C31H41N3O5. The molecule has 210 valence electrons. The number of carbonyl (C=O) groups is 2. The number of amides is 1. The van der Waals surface area contributed by atoms with Crippen molar-refractivity contribution in [3.63, 3.8) is 0 Å². The number of alkyl carbamates (subject to hydrolysis) is 1. The lowest BCUT2D eigenvalue weighted by molar-refractivity contribution is -0.140. The van der Waals surface area contributed by atoms with Crippen molar-refractivity contribution in [2.24, 2.45) is 5.92 Å². The second-order valence-electron chi connectivity index (χ2n) is 11.3. The highest BCUT2D eigenvalue weighted by molar-refractivity contribution is 5.79. The van der Waals surface area contributed by atoms with Gasteiger partial charge in [0, 0.05) is 31.2 Å². The van der Waals surface area contributed by atoms with Gasteiger partial charge in [-0.3, -0.25) is 0 Å². The first-order chi connectivity index (χ1) is 19.0. The number of carbonyl (C=O) groups excluding carboxylic acids is 1. The molecule has 2 heterocycles. The number of anilines is 1. The number of benzene rings is 1. The van der Waals surface area contributed by atoms with Gasteiger partial charge in [0.1, 0.15) is 18.0 Å². The number of nitrogens with one attached hydrogen (secondary N) is 2. The number of ether oxygens (including phenoxy) is 2. The molecule has 1 aromatic carbocycles. The van der Waals surface area contributed by atoms with Crippen molar-refractivity contribution in [2.45, 2.75) is 94.8 Å². The number of hydrogen-bond donors (Lipinski definition) is 3. The minimum Gasteiger partial charge on any atom is -0.480 e. The summed E-state index contributed by atoms with van der Waals surface area (Å²) in [6.07, 6.45) is 9.60. The van der Waals surface area contributed by atoms with Gasteiger partial charge in [0.15, 0.2) is 0 Å². The molecule has 1 aromatic heterocycles. The third-order valence-electron chi connectivity index (χ3n) is 8.49. The van der Waals surface area contributed by atoms with Crippen molar-refractivity contribution >= 4 is 17.9 Å². The Morgan fingerprint density at radius 3 is 2.72 bits per heavy atom. The number of pyridine rings is 1. The first kappa shape index (κ1) is 27.4. The topological polar surface area (TPSA) is 110 Å². The molecule has 5 rings (SSSR count). The number of nitrogens with zero attached hydrogens (tertiary/aromatic N) is 1. The van der Waals surface area contributed by atoms with Crippen molar-refractivity contribution in [1.29, 1.82) is 0 Å². The Labute approximate surface area is 230 Å². The Morgan fingerprint density at radius 2 is 1.90 bits per heavy atom. The van der Waals surface area contributed by atoms with Crippen LogP contribution in [0.2, 0.25) is 0 Å². The predicted molar refractivity (Wildman–Crippen MR) is 149 cm³/mol. The number of rotatable bonds is 11.